The van der Waals surface area contributed by atoms with Crippen molar-refractivity contribution in [2.24, 2.45) is 0 Å². The summed E-state index contributed by atoms with van der Waals surface area (Å²) >= 11 is 0. The van der Waals surface area contributed by atoms with E-state index in [9.17, 15) is 9.59 Å². The zero-order valence-electron chi connectivity index (χ0n) is 15.4. The van der Waals surface area contributed by atoms with Gasteiger partial charge in [-0.05, 0) is 49.2 Å². The number of hydrogen-bond acceptors (Lipinski definition) is 4. The number of ether oxygens (including phenoxy) is 2. The van der Waals surface area contributed by atoms with Crippen LogP contribution in [0.15, 0.2) is 54.6 Å². The van der Waals surface area contributed by atoms with Crippen LogP contribution in [-0.4, -0.2) is 49.6 Å². The molecule has 3 rings (SSSR count). The molecule has 1 heterocycles. The first-order chi connectivity index (χ1) is 13.2. The minimum Gasteiger partial charge on any atom is -0.497 e. The lowest BCUT2D eigenvalue weighted by Crippen LogP contribution is -2.47. The number of nitrogens with zero attached hydrogens (tertiary/aromatic N) is 1. The van der Waals surface area contributed by atoms with Crippen molar-refractivity contribution in [1.82, 2.24) is 10.2 Å². The van der Waals surface area contributed by atoms with E-state index >= 15 is 0 Å². The molecule has 0 spiro atoms. The van der Waals surface area contributed by atoms with E-state index < -0.39 is 0 Å². The van der Waals surface area contributed by atoms with Gasteiger partial charge in [0, 0.05) is 24.7 Å². The molecule has 1 aliphatic rings. The second-order valence-electron chi connectivity index (χ2n) is 6.46. The Balaban J connectivity index is 1.42. The first-order valence-electron chi connectivity index (χ1n) is 9.06. The lowest BCUT2D eigenvalue weighted by atomic mass is 10.0. The second-order valence-corrected chi connectivity index (χ2v) is 6.46. The van der Waals surface area contributed by atoms with Crippen LogP contribution in [0.1, 0.15) is 23.2 Å². The monoisotopic (exact) mass is 368 g/mol. The van der Waals surface area contributed by atoms with Crippen molar-refractivity contribution in [2.45, 2.75) is 18.9 Å². The molecule has 1 saturated heterocycles. The van der Waals surface area contributed by atoms with Gasteiger partial charge in [0.25, 0.3) is 11.8 Å². The average Bonchev–Trinajstić information content (AvgIpc) is 2.73. The van der Waals surface area contributed by atoms with Gasteiger partial charge in [0.1, 0.15) is 11.5 Å². The maximum absolute atomic E-state index is 12.3. The van der Waals surface area contributed by atoms with Gasteiger partial charge in [-0.15, -0.1) is 0 Å². The number of likely N-dealkylation sites (tertiary alicyclic amines) is 1. The van der Waals surface area contributed by atoms with Crippen LogP contribution in [-0.2, 0) is 4.79 Å². The highest BCUT2D eigenvalue weighted by Gasteiger charge is 2.24. The molecule has 0 bridgehead atoms. The Morgan fingerprint density at radius 3 is 2.30 bits per heavy atom. The van der Waals surface area contributed by atoms with Gasteiger partial charge in [-0.25, -0.2) is 0 Å². The van der Waals surface area contributed by atoms with Crippen LogP contribution < -0.4 is 14.8 Å². The largest absolute Gasteiger partial charge is 0.497 e. The molecular formula is C21H24N2O4. The number of amides is 2. The van der Waals surface area contributed by atoms with E-state index in [-0.39, 0.29) is 24.5 Å². The first-order valence-corrected chi connectivity index (χ1v) is 9.06. The van der Waals surface area contributed by atoms with Gasteiger partial charge in [-0.1, -0.05) is 18.2 Å². The molecule has 1 N–H and O–H groups in total. The van der Waals surface area contributed by atoms with Crippen LogP contribution in [0.4, 0.5) is 0 Å². The molecule has 2 aromatic rings. The first kappa shape index (κ1) is 18.8. The molecule has 2 aromatic carbocycles. The van der Waals surface area contributed by atoms with E-state index in [1.807, 2.05) is 30.3 Å². The Labute approximate surface area is 159 Å². The molecule has 0 aliphatic carbocycles. The fourth-order valence-electron chi connectivity index (χ4n) is 3.04. The minimum absolute atomic E-state index is 0.0289. The number of benzene rings is 2. The molecule has 0 radical (unpaired) electrons. The normalized spacial score (nSPS) is 14.5. The summed E-state index contributed by atoms with van der Waals surface area (Å²) in [5.41, 5.74) is 0.602. The fourth-order valence-corrected chi connectivity index (χ4v) is 3.04. The van der Waals surface area contributed by atoms with E-state index in [1.54, 1.807) is 36.3 Å². The zero-order chi connectivity index (χ0) is 19.1. The highest BCUT2D eigenvalue weighted by atomic mass is 16.5. The summed E-state index contributed by atoms with van der Waals surface area (Å²) in [5.74, 6) is 1.28. The number of carbonyl (C=O) groups is 2. The Morgan fingerprint density at radius 1 is 1.00 bits per heavy atom. The van der Waals surface area contributed by atoms with Crippen molar-refractivity contribution >= 4 is 11.8 Å². The third kappa shape index (κ3) is 5.23. The van der Waals surface area contributed by atoms with Gasteiger partial charge in [-0.3, -0.25) is 9.59 Å². The predicted octanol–water partition coefficient (Wildman–Crippen LogP) is 2.50. The predicted molar refractivity (Wildman–Crippen MR) is 102 cm³/mol. The summed E-state index contributed by atoms with van der Waals surface area (Å²) in [6.07, 6.45) is 1.47. The number of piperidine rings is 1. The maximum atomic E-state index is 12.3. The number of carbonyl (C=O) groups excluding carboxylic acids is 2. The van der Waals surface area contributed by atoms with Crippen molar-refractivity contribution in [3.8, 4) is 11.5 Å². The Hall–Kier alpha value is -3.02. The fraction of sp³-hybridized carbons (Fsp3) is 0.333. The lowest BCUT2D eigenvalue weighted by molar-refractivity contribution is -0.134. The van der Waals surface area contributed by atoms with E-state index in [4.69, 9.17) is 9.47 Å². The molecular weight excluding hydrogens is 344 g/mol. The number of rotatable bonds is 6. The molecule has 1 aliphatic heterocycles. The molecule has 2 amide bonds. The molecule has 0 saturated carbocycles. The highest BCUT2D eigenvalue weighted by Crippen LogP contribution is 2.15. The van der Waals surface area contributed by atoms with E-state index in [0.29, 0.717) is 24.4 Å². The van der Waals surface area contributed by atoms with Crippen molar-refractivity contribution < 1.29 is 19.1 Å². The summed E-state index contributed by atoms with van der Waals surface area (Å²) in [7, 11) is 1.59. The maximum Gasteiger partial charge on any atom is 0.260 e. The number of methoxy groups -OCH3 is 1. The molecule has 0 aromatic heterocycles. The molecule has 142 valence electrons. The van der Waals surface area contributed by atoms with Crippen LogP contribution in [0, 0.1) is 0 Å². The quantitative estimate of drug-likeness (QED) is 0.851. The van der Waals surface area contributed by atoms with Gasteiger partial charge in [0.05, 0.1) is 7.11 Å². The van der Waals surface area contributed by atoms with Crippen molar-refractivity contribution in [3.63, 3.8) is 0 Å². The van der Waals surface area contributed by atoms with Gasteiger partial charge in [0.15, 0.2) is 6.61 Å². The summed E-state index contributed by atoms with van der Waals surface area (Å²) in [4.78, 5) is 26.4. The molecule has 6 nitrogen and oxygen atoms in total. The topological polar surface area (TPSA) is 67.9 Å². The Kier molecular flexibility index (Phi) is 6.30. The van der Waals surface area contributed by atoms with Gasteiger partial charge in [-0.2, -0.15) is 0 Å². The van der Waals surface area contributed by atoms with Crippen LogP contribution >= 0.6 is 0 Å². The molecule has 6 heteroatoms. The summed E-state index contributed by atoms with van der Waals surface area (Å²) in [6.45, 7) is 1.27. The molecule has 27 heavy (non-hydrogen) atoms. The van der Waals surface area contributed by atoms with Gasteiger partial charge < -0.3 is 19.7 Å². The standard InChI is InChI=1S/C21H24N2O4/c1-26-18-9-7-16(8-10-18)21(25)22-17-11-13-23(14-12-17)20(24)15-27-19-5-3-2-4-6-19/h2-10,17H,11-15H2,1H3,(H,22,25). The minimum atomic E-state index is -0.102. The van der Waals surface area contributed by atoms with Crippen LogP contribution in [0.3, 0.4) is 0 Å². The van der Waals surface area contributed by atoms with E-state index in [2.05, 4.69) is 5.32 Å². The number of para-hydroxylation sites is 1. The van der Waals surface area contributed by atoms with Crippen molar-refractivity contribution in [3.05, 3.63) is 60.2 Å². The third-order valence-corrected chi connectivity index (χ3v) is 4.64. The van der Waals surface area contributed by atoms with E-state index in [1.165, 1.54) is 0 Å². The number of hydrogen-bond donors (Lipinski definition) is 1. The summed E-state index contributed by atoms with van der Waals surface area (Å²) < 4.78 is 10.6. The third-order valence-electron chi connectivity index (χ3n) is 4.64. The number of nitrogens with one attached hydrogen (secondary N) is 1. The average molecular weight is 368 g/mol. The second kappa shape index (κ2) is 9.07. The summed E-state index contributed by atoms with van der Waals surface area (Å²) in [5, 5.41) is 3.04. The smallest absolute Gasteiger partial charge is 0.260 e. The summed E-state index contributed by atoms with van der Waals surface area (Å²) in [6, 6.07) is 16.4. The Morgan fingerprint density at radius 2 is 1.67 bits per heavy atom. The molecule has 0 atom stereocenters. The van der Waals surface area contributed by atoms with Crippen LogP contribution in [0.5, 0.6) is 11.5 Å². The van der Waals surface area contributed by atoms with Crippen molar-refractivity contribution in [1.29, 1.82) is 0 Å². The SMILES string of the molecule is COc1ccc(C(=O)NC2CCN(C(=O)COc3ccccc3)CC2)cc1. The molecule has 0 unspecified atom stereocenters. The van der Waals surface area contributed by atoms with Crippen LogP contribution in [0.25, 0.3) is 0 Å². The lowest BCUT2D eigenvalue weighted by Gasteiger charge is -2.32. The molecule has 1 fully saturated rings. The Bertz CT molecular complexity index is 754. The van der Waals surface area contributed by atoms with Crippen LogP contribution in [0.2, 0.25) is 0 Å². The zero-order valence-corrected chi connectivity index (χ0v) is 15.4. The van der Waals surface area contributed by atoms with E-state index in [0.717, 1.165) is 18.6 Å². The highest BCUT2D eigenvalue weighted by molar-refractivity contribution is 5.94. The van der Waals surface area contributed by atoms with Crippen molar-refractivity contribution in [2.75, 3.05) is 26.8 Å². The van der Waals surface area contributed by atoms with Gasteiger partial charge >= 0.3 is 0 Å². The van der Waals surface area contributed by atoms with Gasteiger partial charge in [0.2, 0.25) is 0 Å².